The SMILES string of the molecule is O=C(OCC=CC(O)C#CCCl)c1ccccc1. The predicted octanol–water partition coefficient (Wildman–Crippen LogP) is 2.00. The summed E-state index contributed by atoms with van der Waals surface area (Å²) in [6.45, 7) is 0.0906. The Labute approximate surface area is 111 Å². The van der Waals surface area contributed by atoms with Crippen LogP contribution in [0, 0.1) is 11.8 Å². The fourth-order valence-corrected chi connectivity index (χ4v) is 1.23. The van der Waals surface area contributed by atoms with Crippen LogP contribution in [0.1, 0.15) is 10.4 Å². The number of hydrogen-bond donors (Lipinski definition) is 1. The number of esters is 1. The number of ether oxygens (including phenoxy) is 1. The third-order valence-electron chi connectivity index (χ3n) is 1.96. The van der Waals surface area contributed by atoms with E-state index in [9.17, 15) is 9.90 Å². The van der Waals surface area contributed by atoms with E-state index >= 15 is 0 Å². The number of alkyl halides is 1. The van der Waals surface area contributed by atoms with Gasteiger partial charge in [-0.25, -0.2) is 4.79 Å². The minimum absolute atomic E-state index is 0.0906. The maximum absolute atomic E-state index is 11.5. The molecule has 0 aliphatic rings. The van der Waals surface area contributed by atoms with Crippen LogP contribution in [-0.2, 0) is 4.74 Å². The van der Waals surface area contributed by atoms with Crippen molar-refractivity contribution in [2.75, 3.05) is 12.5 Å². The lowest BCUT2D eigenvalue weighted by molar-refractivity contribution is 0.0548. The fourth-order valence-electron chi connectivity index (χ4n) is 1.16. The van der Waals surface area contributed by atoms with Gasteiger partial charge in [-0.05, 0) is 24.3 Å². The average Bonchev–Trinajstić information content (AvgIpc) is 2.42. The molecule has 3 nitrogen and oxygen atoms in total. The lowest BCUT2D eigenvalue weighted by Crippen LogP contribution is -2.05. The van der Waals surface area contributed by atoms with E-state index in [2.05, 4.69) is 11.8 Å². The zero-order chi connectivity index (χ0) is 13.2. The van der Waals surface area contributed by atoms with Gasteiger partial charge in [-0.1, -0.05) is 30.0 Å². The number of carbonyl (C=O) groups excluding carboxylic acids is 1. The van der Waals surface area contributed by atoms with Crippen molar-refractivity contribution in [2.24, 2.45) is 0 Å². The van der Waals surface area contributed by atoms with E-state index in [0.29, 0.717) is 5.56 Å². The number of rotatable bonds is 4. The normalized spacial score (nSPS) is 11.7. The van der Waals surface area contributed by atoms with E-state index in [1.807, 2.05) is 6.07 Å². The summed E-state index contributed by atoms with van der Waals surface area (Å²) >= 11 is 5.34. The summed E-state index contributed by atoms with van der Waals surface area (Å²) in [5.41, 5.74) is 0.494. The number of benzene rings is 1. The summed E-state index contributed by atoms with van der Waals surface area (Å²) in [5.74, 6) is 4.80. The molecule has 1 N–H and O–H groups in total. The Morgan fingerprint density at radius 2 is 2.17 bits per heavy atom. The second kappa shape index (κ2) is 8.35. The van der Waals surface area contributed by atoms with Gasteiger partial charge in [0.15, 0.2) is 0 Å². The fraction of sp³-hybridized carbons (Fsp3) is 0.214. The molecular weight excluding hydrogens is 252 g/mol. The quantitative estimate of drug-likeness (QED) is 0.392. The highest BCUT2D eigenvalue weighted by atomic mass is 35.5. The van der Waals surface area contributed by atoms with Crippen LogP contribution < -0.4 is 0 Å². The number of aliphatic hydroxyl groups excluding tert-OH is 1. The largest absolute Gasteiger partial charge is 0.458 e. The number of halogens is 1. The highest BCUT2D eigenvalue weighted by Crippen LogP contribution is 2.00. The molecule has 0 radical (unpaired) electrons. The summed E-state index contributed by atoms with van der Waals surface area (Å²) in [4.78, 5) is 11.5. The van der Waals surface area contributed by atoms with Gasteiger partial charge in [0.1, 0.15) is 12.7 Å². The third-order valence-corrected chi connectivity index (χ3v) is 2.09. The van der Waals surface area contributed by atoms with E-state index in [4.69, 9.17) is 16.3 Å². The molecule has 0 saturated carbocycles. The van der Waals surface area contributed by atoms with Crippen molar-refractivity contribution in [1.82, 2.24) is 0 Å². The van der Waals surface area contributed by atoms with Gasteiger partial charge in [0.05, 0.1) is 11.4 Å². The van der Waals surface area contributed by atoms with Crippen LogP contribution in [0.15, 0.2) is 42.5 Å². The molecule has 0 fully saturated rings. The van der Waals surface area contributed by atoms with Crippen LogP contribution in [0.2, 0.25) is 0 Å². The summed E-state index contributed by atoms with van der Waals surface area (Å²) in [6.07, 6.45) is 2.09. The maximum Gasteiger partial charge on any atom is 0.338 e. The monoisotopic (exact) mass is 264 g/mol. The zero-order valence-electron chi connectivity index (χ0n) is 9.67. The molecule has 4 heteroatoms. The van der Waals surface area contributed by atoms with E-state index in [1.54, 1.807) is 24.3 Å². The molecule has 1 aromatic rings. The van der Waals surface area contributed by atoms with E-state index in [1.165, 1.54) is 12.2 Å². The van der Waals surface area contributed by atoms with Crippen LogP contribution in [0.4, 0.5) is 0 Å². The first kappa shape index (κ1) is 14.3. The van der Waals surface area contributed by atoms with Gasteiger partial charge in [-0.15, -0.1) is 11.6 Å². The molecule has 0 bridgehead atoms. The van der Waals surface area contributed by atoms with Crippen molar-refractivity contribution in [3.05, 3.63) is 48.0 Å². The highest BCUT2D eigenvalue weighted by Gasteiger charge is 2.03. The van der Waals surface area contributed by atoms with Gasteiger partial charge in [0.25, 0.3) is 0 Å². The molecule has 1 atom stereocenters. The van der Waals surface area contributed by atoms with Gasteiger partial charge >= 0.3 is 5.97 Å². The van der Waals surface area contributed by atoms with Gasteiger partial charge in [0, 0.05) is 0 Å². The molecular formula is C14H13ClO3. The van der Waals surface area contributed by atoms with Gasteiger partial charge in [0.2, 0.25) is 0 Å². The molecule has 18 heavy (non-hydrogen) atoms. The van der Waals surface area contributed by atoms with E-state index < -0.39 is 12.1 Å². The lowest BCUT2D eigenvalue weighted by atomic mass is 10.2. The van der Waals surface area contributed by atoms with Crippen molar-refractivity contribution in [3.63, 3.8) is 0 Å². The van der Waals surface area contributed by atoms with Gasteiger partial charge in [-0.2, -0.15) is 0 Å². The molecule has 0 aromatic heterocycles. The second-order valence-corrected chi connectivity index (χ2v) is 3.56. The Bertz CT molecular complexity index is 457. The predicted molar refractivity (Wildman–Crippen MR) is 70.4 cm³/mol. The Morgan fingerprint density at radius 1 is 1.44 bits per heavy atom. The number of hydrogen-bond acceptors (Lipinski definition) is 3. The second-order valence-electron chi connectivity index (χ2n) is 3.29. The lowest BCUT2D eigenvalue weighted by Gasteiger charge is -2.01. The van der Waals surface area contributed by atoms with E-state index in [-0.39, 0.29) is 12.5 Å². The summed E-state index contributed by atoms with van der Waals surface area (Å²) < 4.78 is 4.97. The average molecular weight is 265 g/mol. The van der Waals surface area contributed by atoms with Gasteiger partial charge in [-0.3, -0.25) is 0 Å². The first-order chi connectivity index (χ1) is 8.74. The molecule has 0 heterocycles. The van der Waals surface area contributed by atoms with Crippen LogP contribution >= 0.6 is 11.6 Å². The Kier molecular flexibility index (Phi) is 6.63. The first-order valence-electron chi connectivity index (χ1n) is 5.35. The Balaban J connectivity index is 2.34. The summed E-state index contributed by atoms with van der Waals surface area (Å²) in [5, 5.41) is 9.30. The molecule has 0 amide bonds. The minimum Gasteiger partial charge on any atom is -0.458 e. The molecule has 0 aliphatic heterocycles. The minimum atomic E-state index is -0.890. The van der Waals surface area contributed by atoms with Crippen molar-refractivity contribution < 1.29 is 14.6 Å². The summed E-state index contributed by atoms with van der Waals surface area (Å²) in [6, 6.07) is 8.69. The van der Waals surface area contributed by atoms with Crippen molar-refractivity contribution in [3.8, 4) is 11.8 Å². The Morgan fingerprint density at radius 3 is 2.83 bits per heavy atom. The molecule has 0 aliphatic carbocycles. The smallest absolute Gasteiger partial charge is 0.338 e. The van der Waals surface area contributed by atoms with Crippen molar-refractivity contribution in [1.29, 1.82) is 0 Å². The molecule has 1 rings (SSSR count). The standard InChI is InChI=1S/C14H13ClO3/c15-10-4-8-13(16)9-5-11-18-14(17)12-6-2-1-3-7-12/h1-3,5-7,9,13,16H,10-11H2. The van der Waals surface area contributed by atoms with Crippen molar-refractivity contribution >= 4 is 17.6 Å². The number of aliphatic hydroxyl groups is 1. The first-order valence-corrected chi connectivity index (χ1v) is 5.88. The third kappa shape index (κ3) is 5.53. The van der Waals surface area contributed by atoms with Crippen molar-refractivity contribution in [2.45, 2.75) is 6.10 Å². The topological polar surface area (TPSA) is 46.5 Å². The molecule has 1 aromatic carbocycles. The molecule has 0 spiro atoms. The van der Waals surface area contributed by atoms with E-state index in [0.717, 1.165) is 0 Å². The van der Waals surface area contributed by atoms with Crippen LogP contribution in [0.25, 0.3) is 0 Å². The highest BCUT2D eigenvalue weighted by molar-refractivity contribution is 6.19. The maximum atomic E-state index is 11.5. The number of carbonyl (C=O) groups is 1. The van der Waals surface area contributed by atoms with Crippen LogP contribution in [-0.4, -0.2) is 29.7 Å². The Hall–Kier alpha value is -1.76. The van der Waals surface area contributed by atoms with Gasteiger partial charge < -0.3 is 9.84 Å². The van der Waals surface area contributed by atoms with Crippen LogP contribution in [0.3, 0.4) is 0 Å². The summed E-state index contributed by atoms with van der Waals surface area (Å²) in [7, 11) is 0. The molecule has 1 unspecified atom stereocenters. The molecule has 0 saturated heterocycles. The zero-order valence-corrected chi connectivity index (χ0v) is 10.4. The van der Waals surface area contributed by atoms with Crippen LogP contribution in [0.5, 0.6) is 0 Å². The molecule has 94 valence electrons.